The van der Waals surface area contributed by atoms with E-state index >= 15 is 0 Å². The van der Waals surface area contributed by atoms with E-state index in [1.165, 1.54) is 6.26 Å². The van der Waals surface area contributed by atoms with E-state index in [4.69, 9.17) is 0 Å². The number of hydrogen-bond acceptors (Lipinski definition) is 4. The highest BCUT2D eigenvalue weighted by molar-refractivity contribution is 7.90. The van der Waals surface area contributed by atoms with Crippen LogP contribution in [0.2, 0.25) is 0 Å². The van der Waals surface area contributed by atoms with Gasteiger partial charge in [0.1, 0.15) is 9.84 Å². The van der Waals surface area contributed by atoms with Crippen molar-refractivity contribution in [3.05, 3.63) is 0 Å². The Morgan fingerprint density at radius 1 is 1.47 bits per heavy atom. The summed E-state index contributed by atoms with van der Waals surface area (Å²) in [6.07, 6.45) is 1.20. The quantitative estimate of drug-likeness (QED) is 0.766. The second-order valence-electron chi connectivity index (χ2n) is 4.42. The smallest absolute Gasteiger partial charge is 0.228 e. The number of carbonyl (C=O) groups excluding carboxylic acids is 1. The van der Waals surface area contributed by atoms with Crippen LogP contribution in [-0.2, 0) is 14.6 Å². The van der Waals surface area contributed by atoms with Crippen molar-refractivity contribution in [3.63, 3.8) is 0 Å². The van der Waals surface area contributed by atoms with Crippen LogP contribution in [-0.4, -0.2) is 56.9 Å². The number of hydrogen-bond donors (Lipinski definition) is 1. The summed E-state index contributed by atoms with van der Waals surface area (Å²) in [6.45, 7) is 5.64. The van der Waals surface area contributed by atoms with E-state index < -0.39 is 9.84 Å². The molecule has 0 saturated carbocycles. The lowest BCUT2D eigenvalue weighted by molar-refractivity contribution is -0.138. The van der Waals surface area contributed by atoms with Gasteiger partial charge in [-0.1, -0.05) is 0 Å². The van der Waals surface area contributed by atoms with E-state index in [1.807, 2.05) is 6.92 Å². The predicted octanol–water partition coefficient (Wildman–Crippen LogP) is -0.0908. The zero-order valence-corrected chi connectivity index (χ0v) is 12.1. The molecule has 1 fully saturated rings. The summed E-state index contributed by atoms with van der Waals surface area (Å²) in [5.74, 6) is 0.131. The number of amides is 1. The largest absolute Gasteiger partial charge is 0.339 e. The average Bonchev–Trinajstić information content (AvgIpc) is 1.97. The molecule has 0 aliphatic carbocycles. The van der Waals surface area contributed by atoms with Crippen LogP contribution in [0.1, 0.15) is 13.8 Å². The van der Waals surface area contributed by atoms with Gasteiger partial charge in [0.15, 0.2) is 0 Å². The van der Waals surface area contributed by atoms with E-state index in [0.29, 0.717) is 19.6 Å². The van der Waals surface area contributed by atoms with Gasteiger partial charge in [-0.25, -0.2) is 8.42 Å². The van der Waals surface area contributed by atoms with Gasteiger partial charge in [-0.15, -0.1) is 12.4 Å². The van der Waals surface area contributed by atoms with Crippen LogP contribution in [0.4, 0.5) is 0 Å². The molecule has 0 aromatic rings. The van der Waals surface area contributed by atoms with Gasteiger partial charge >= 0.3 is 0 Å². The van der Waals surface area contributed by atoms with Gasteiger partial charge in [0, 0.05) is 31.9 Å². The van der Waals surface area contributed by atoms with Crippen molar-refractivity contribution in [1.29, 1.82) is 0 Å². The Labute approximate surface area is 109 Å². The topological polar surface area (TPSA) is 66.5 Å². The maximum Gasteiger partial charge on any atom is 0.228 e. The van der Waals surface area contributed by atoms with E-state index in [0.717, 1.165) is 0 Å². The molecule has 1 aliphatic heterocycles. The second-order valence-corrected chi connectivity index (χ2v) is 6.61. The number of nitrogens with zero attached hydrogens (tertiary/aromatic N) is 1. The maximum absolute atomic E-state index is 12.0. The Balaban J connectivity index is 0.00000256. The van der Waals surface area contributed by atoms with Crippen LogP contribution >= 0.6 is 12.4 Å². The Bertz CT molecular complexity index is 355. The second kappa shape index (κ2) is 6.56. The number of rotatable bonds is 5. The summed E-state index contributed by atoms with van der Waals surface area (Å²) in [5.41, 5.74) is 0. The number of nitrogens with one attached hydrogen (secondary N) is 1. The summed E-state index contributed by atoms with van der Waals surface area (Å²) in [7, 11) is -3.04. The summed E-state index contributed by atoms with van der Waals surface area (Å²) in [5, 5.41) is 3.04. The number of halogens is 1. The molecule has 1 atom stereocenters. The monoisotopic (exact) mass is 284 g/mol. The van der Waals surface area contributed by atoms with E-state index in [-0.39, 0.29) is 36.0 Å². The van der Waals surface area contributed by atoms with Gasteiger partial charge < -0.3 is 10.2 Å². The molecule has 0 spiro atoms. The minimum atomic E-state index is -3.04. The third-order valence-electron chi connectivity index (χ3n) is 2.83. The van der Waals surface area contributed by atoms with Crippen molar-refractivity contribution in [2.45, 2.75) is 19.9 Å². The van der Waals surface area contributed by atoms with Crippen LogP contribution in [0.5, 0.6) is 0 Å². The first-order valence-corrected chi connectivity index (χ1v) is 7.60. The molecule has 0 bridgehead atoms. The highest BCUT2D eigenvalue weighted by Gasteiger charge is 2.31. The lowest BCUT2D eigenvalue weighted by atomic mass is 10.0. The summed E-state index contributed by atoms with van der Waals surface area (Å²) in [6, 6.07) is -0.243. The first-order chi connectivity index (χ1) is 7.35. The molecule has 1 rings (SSSR count). The van der Waals surface area contributed by atoms with Crippen molar-refractivity contribution in [2.24, 2.45) is 5.92 Å². The SMILES string of the molecule is CCN(C(=O)C1CNC1)C(C)CS(C)(=O)=O.Cl. The third kappa shape index (κ3) is 4.81. The first-order valence-electron chi connectivity index (χ1n) is 5.54. The highest BCUT2D eigenvalue weighted by Crippen LogP contribution is 2.12. The Morgan fingerprint density at radius 3 is 2.29 bits per heavy atom. The van der Waals surface area contributed by atoms with Crippen molar-refractivity contribution in [2.75, 3.05) is 31.6 Å². The maximum atomic E-state index is 12.0. The molecule has 0 aromatic carbocycles. The Morgan fingerprint density at radius 2 is 2.00 bits per heavy atom. The molecule has 102 valence electrons. The average molecular weight is 285 g/mol. The molecule has 1 amide bonds. The zero-order chi connectivity index (χ0) is 12.3. The van der Waals surface area contributed by atoms with Crippen molar-refractivity contribution < 1.29 is 13.2 Å². The normalized spacial score (nSPS) is 17.8. The molecular weight excluding hydrogens is 264 g/mol. The van der Waals surface area contributed by atoms with Crippen LogP contribution in [0.3, 0.4) is 0 Å². The summed E-state index contributed by atoms with van der Waals surface area (Å²) < 4.78 is 22.4. The van der Waals surface area contributed by atoms with Gasteiger partial charge in [-0.2, -0.15) is 0 Å². The van der Waals surface area contributed by atoms with Gasteiger partial charge in [0.25, 0.3) is 0 Å². The van der Waals surface area contributed by atoms with Crippen molar-refractivity contribution in [1.82, 2.24) is 10.2 Å². The summed E-state index contributed by atoms with van der Waals surface area (Å²) in [4.78, 5) is 13.6. The van der Waals surface area contributed by atoms with E-state index in [2.05, 4.69) is 5.32 Å². The summed E-state index contributed by atoms with van der Waals surface area (Å²) >= 11 is 0. The highest BCUT2D eigenvalue weighted by atomic mass is 35.5. The predicted molar refractivity (Wildman–Crippen MR) is 70.2 cm³/mol. The van der Waals surface area contributed by atoms with Crippen LogP contribution < -0.4 is 5.32 Å². The van der Waals surface area contributed by atoms with E-state index in [9.17, 15) is 13.2 Å². The zero-order valence-electron chi connectivity index (χ0n) is 10.5. The fraction of sp³-hybridized carbons (Fsp3) is 0.900. The van der Waals surface area contributed by atoms with Gasteiger partial charge in [0.2, 0.25) is 5.91 Å². The molecule has 1 unspecified atom stereocenters. The molecule has 1 aliphatic rings. The van der Waals surface area contributed by atoms with Gasteiger partial charge in [-0.3, -0.25) is 4.79 Å². The van der Waals surface area contributed by atoms with Crippen LogP contribution in [0, 0.1) is 5.92 Å². The van der Waals surface area contributed by atoms with E-state index in [1.54, 1.807) is 11.8 Å². The first kappa shape index (κ1) is 16.7. The fourth-order valence-electron chi connectivity index (χ4n) is 1.91. The molecular formula is C10H21ClN2O3S. The molecule has 5 nitrogen and oxygen atoms in total. The lowest BCUT2D eigenvalue weighted by Gasteiger charge is -2.35. The van der Waals surface area contributed by atoms with Crippen molar-refractivity contribution in [3.8, 4) is 0 Å². The van der Waals surface area contributed by atoms with Crippen LogP contribution in [0.15, 0.2) is 0 Å². The van der Waals surface area contributed by atoms with Gasteiger partial charge in [-0.05, 0) is 13.8 Å². The standard InChI is InChI=1S/C10H20N2O3S.ClH/c1-4-12(8(2)7-16(3,14)15)10(13)9-5-11-6-9;/h8-9,11H,4-7H2,1-3H3;1H. The van der Waals surface area contributed by atoms with Crippen molar-refractivity contribution >= 4 is 28.2 Å². The Hall–Kier alpha value is -0.330. The molecule has 7 heteroatoms. The Kier molecular flexibility index (Phi) is 6.43. The number of sulfone groups is 1. The van der Waals surface area contributed by atoms with Crippen LogP contribution in [0.25, 0.3) is 0 Å². The van der Waals surface area contributed by atoms with Gasteiger partial charge in [0.05, 0.1) is 11.7 Å². The minimum Gasteiger partial charge on any atom is -0.339 e. The molecule has 1 N–H and O–H groups in total. The third-order valence-corrected chi connectivity index (χ3v) is 3.92. The fourth-order valence-corrected chi connectivity index (χ4v) is 2.97. The molecule has 1 heterocycles. The molecule has 0 radical (unpaired) electrons. The minimum absolute atomic E-state index is 0. The lowest BCUT2D eigenvalue weighted by Crippen LogP contribution is -2.54. The number of carbonyl (C=O) groups is 1. The molecule has 17 heavy (non-hydrogen) atoms. The molecule has 0 aromatic heterocycles. The molecule has 1 saturated heterocycles.